The van der Waals surface area contributed by atoms with E-state index in [-0.39, 0.29) is 5.56 Å². The molecule has 1 aromatic heterocycles. The number of allylic oxidation sites excluding steroid dienone is 3. The van der Waals surface area contributed by atoms with Gasteiger partial charge >= 0.3 is 0 Å². The number of hydrogen-bond acceptors (Lipinski definition) is 4. The maximum absolute atomic E-state index is 12.9. The van der Waals surface area contributed by atoms with Crippen LogP contribution in [0, 0.1) is 18.3 Å². The van der Waals surface area contributed by atoms with E-state index in [9.17, 15) is 4.79 Å². The van der Waals surface area contributed by atoms with Gasteiger partial charge in [0.2, 0.25) is 0 Å². The van der Waals surface area contributed by atoms with Crippen LogP contribution in [0.2, 0.25) is 0 Å². The Kier molecular flexibility index (Phi) is 4.15. The molecule has 2 N–H and O–H groups in total. The molecular formula is C19H19N5O. The molecule has 0 saturated carbocycles. The Morgan fingerprint density at radius 1 is 1.24 bits per heavy atom. The maximum atomic E-state index is 12.9. The third kappa shape index (κ3) is 2.81. The molecule has 0 unspecified atom stereocenters. The van der Waals surface area contributed by atoms with Crippen LogP contribution >= 0.6 is 0 Å². The molecule has 1 aliphatic carbocycles. The van der Waals surface area contributed by atoms with Gasteiger partial charge < -0.3 is 5.73 Å². The highest BCUT2D eigenvalue weighted by Gasteiger charge is 2.19. The second kappa shape index (κ2) is 6.29. The molecule has 1 aromatic carbocycles. The van der Waals surface area contributed by atoms with Crippen LogP contribution in [0.25, 0.3) is 5.69 Å². The molecule has 1 aliphatic rings. The number of rotatable bonds is 2. The third-order valence-electron chi connectivity index (χ3n) is 4.37. The van der Waals surface area contributed by atoms with Crippen molar-refractivity contribution in [3.8, 4) is 11.8 Å². The number of hydrogen-bond donors (Lipinski definition) is 1. The molecule has 0 bridgehead atoms. The zero-order valence-electron chi connectivity index (χ0n) is 14.4. The number of nitrogens with zero attached hydrogens (tertiary/aromatic N) is 4. The fourth-order valence-corrected chi connectivity index (χ4v) is 2.97. The highest BCUT2D eigenvalue weighted by Crippen LogP contribution is 2.23. The van der Waals surface area contributed by atoms with Gasteiger partial charge in [0.25, 0.3) is 5.56 Å². The van der Waals surface area contributed by atoms with Gasteiger partial charge in [-0.05, 0) is 37.6 Å². The summed E-state index contributed by atoms with van der Waals surface area (Å²) in [6, 6.07) is 11.5. The van der Waals surface area contributed by atoms with E-state index < -0.39 is 0 Å². The van der Waals surface area contributed by atoms with E-state index >= 15 is 0 Å². The highest BCUT2D eigenvalue weighted by atomic mass is 16.1. The molecule has 0 radical (unpaired) electrons. The van der Waals surface area contributed by atoms with Crippen molar-refractivity contribution >= 4 is 11.4 Å². The Hall–Kier alpha value is -3.33. The summed E-state index contributed by atoms with van der Waals surface area (Å²) >= 11 is 0. The average Bonchev–Trinajstić information content (AvgIpc) is 2.79. The Labute approximate surface area is 145 Å². The summed E-state index contributed by atoms with van der Waals surface area (Å²) in [6.07, 6.45) is 2.17. The molecule has 1 heterocycles. The Morgan fingerprint density at radius 2 is 1.92 bits per heavy atom. The van der Waals surface area contributed by atoms with Crippen LogP contribution in [0.1, 0.15) is 19.0 Å². The van der Waals surface area contributed by atoms with Crippen LogP contribution in [-0.4, -0.2) is 15.1 Å². The van der Waals surface area contributed by atoms with Crippen LogP contribution < -0.4 is 11.3 Å². The minimum absolute atomic E-state index is 0.182. The molecule has 0 amide bonds. The molecule has 3 rings (SSSR count). The first-order valence-electron chi connectivity index (χ1n) is 7.93. The smallest absolute Gasteiger partial charge is 0.297 e. The molecule has 0 atom stereocenters. The lowest BCUT2D eigenvalue weighted by Gasteiger charge is -2.13. The van der Waals surface area contributed by atoms with Crippen molar-refractivity contribution in [2.75, 3.05) is 0 Å². The summed E-state index contributed by atoms with van der Waals surface area (Å²) < 4.78 is 3.38. The summed E-state index contributed by atoms with van der Waals surface area (Å²) in [4.78, 5) is 17.4. The SMILES string of the molecule is CC1=C(C#N)C(N)=CC(=Nc2c(C)n(C)n(-c3ccccc3)c2=O)C1. The van der Waals surface area contributed by atoms with Crippen LogP contribution in [0.15, 0.2) is 63.0 Å². The summed E-state index contributed by atoms with van der Waals surface area (Å²) in [5, 5.41) is 9.14. The molecule has 0 fully saturated rings. The van der Waals surface area contributed by atoms with Crippen molar-refractivity contribution in [1.29, 1.82) is 5.26 Å². The van der Waals surface area contributed by atoms with E-state index in [0.29, 0.717) is 29.1 Å². The van der Waals surface area contributed by atoms with E-state index in [1.807, 2.05) is 51.2 Å². The van der Waals surface area contributed by atoms with Gasteiger partial charge in [0.05, 0.1) is 22.7 Å². The molecule has 126 valence electrons. The number of aliphatic imine (C=N–C) groups is 1. The quantitative estimate of drug-likeness (QED) is 0.916. The minimum atomic E-state index is -0.182. The second-order valence-electron chi connectivity index (χ2n) is 6.06. The molecule has 25 heavy (non-hydrogen) atoms. The average molecular weight is 333 g/mol. The topological polar surface area (TPSA) is 89.1 Å². The maximum Gasteiger partial charge on any atom is 0.297 e. The standard InChI is InChI=1S/C19H19N5O/c1-12-9-14(10-17(21)16(12)11-20)22-18-13(2)23(3)24(19(18)25)15-7-5-4-6-8-15/h4-8,10H,9,21H2,1-3H3. The van der Waals surface area contributed by atoms with Gasteiger partial charge in [0.1, 0.15) is 6.07 Å². The Bertz CT molecular complexity index is 1030. The summed E-state index contributed by atoms with van der Waals surface area (Å²) in [5.41, 5.74) is 10.1. The van der Waals surface area contributed by atoms with Crippen molar-refractivity contribution in [1.82, 2.24) is 9.36 Å². The fraction of sp³-hybridized carbons (Fsp3) is 0.211. The van der Waals surface area contributed by atoms with Gasteiger partial charge in [0, 0.05) is 19.2 Å². The van der Waals surface area contributed by atoms with Gasteiger partial charge in [-0.25, -0.2) is 9.67 Å². The lowest BCUT2D eigenvalue weighted by molar-refractivity contribution is 0.630. The van der Waals surface area contributed by atoms with E-state index in [2.05, 4.69) is 11.1 Å². The second-order valence-corrected chi connectivity index (χ2v) is 6.06. The van der Waals surface area contributed by atoms with Crippen molar-refractivity contribution in [3.05, 3.63) is 69.3 Å². The van der Waals surface area contributed by atoms with E-state index in [4.69, 9.17) is 11.0 Å². The predicted molar refractivity (Wildman–Crippen MR) is 98.0 cm³/mol. The molecule has 0 saturated heterocycles. The van der Waals surface area contributed by atoms with E-state index in [1.165, 1.54) is 0 Å². The number of nitriles is 1. The van der Waals surface area contributed by atoms with Crippen molar-refractivity contribution in [2.24, 2.45) is 17.8 Å². The van der Waals surface area contributed by atoms with Gasteiger partial charge in [0.15, 0.2) is 5.69 Å². The van der Waals surface area contributed by atoms with Crippen molar-refractivity contribution < 1.29 is 0 Å². The first kappa shape index (κ1) is 16.5. The summed E-state index contributed by atoms with van der Waals surface area (Å²) in [6.45, 7) is 3.72. The van der Waals surface area contributed by atoms with Crippen LogP contribution in [0.3, 0.4) is 0 Å². The Balaban J connectivity index is 2.11. The van der Waals surface area contributed by atoms with Gasteiger partial charge in [-0.1, -0.05) is 18.2 Å². The predicted octanol–water partition coefficient (Wildman–Crippen LogP) is 2.64. The van der Waals surface area contributed by atoms with Crippen LogP contribution in [0.4, 0.5) is 5.69 Å². The van der Waals surface area contributed by atoms with Crippen molar-refractivity contribution in [2.45, 2.75) is 20.3 Å². The van der Waals surface area contributed by atoms with Gasteiger partial charge in [-0.3, -0.25) is 9.48 Å². The van der Waals surface area contributed by atoms with Crippen LogP contribution in [-0.2, 0) is 7.05 Å². The first-order valence-corrected chi connectivity index (χ1v) is 7.93. The lowest BCUT2D eigenvalue weighted by Crippen LogP contribution is -2.19. The zero-order chi connectivity index (χ0) is 18.1. The normalized spacial score (nSPS) is 16.1. The molecule has 0 spiro atoms. The van der Waals surface area contributed by atoms with Gasteiger partial charge in [-0.15, -0.1) is 0 Å². The summed E-state index contributed by atoms with van der Waals surface area (Å²) in [7, 11) is 1.83. The fourth-order valence-electron chi connectivity index (χ4n) is 2.97. The van der Waals surface area contributed by atoms with Crippen LogP contribution in [0.5, 0.6) is 0 Å². The van der Waals surface area contributed by atoms with E-state index in [1.54, 1.807) is 15.4 Å². The Morgan fingerprint density at radius 3 is 2.52 bits per heavy atom. The van der Waals surface area contributed by atoms with E-state index in [0.717, 1.165) is 17.0 Å². The molecule has 0 aliphatic heterocycles. The number of aromatic nitrogens is 2. The molecular weight excluding hydrogens is 314 g/mol. The molecule has 6 heteroatoms. The molecule has 6 nitrogen and oxygen atoms in total. The van der Waals surface area contributed by atoms with Gasteiger partial charge in [-0.2, -0.15) is 5.26 Å². The number of nitrogens with two attached hydrogens (primary N) is 1. The monoisotopic (exact) mass is 333 g/mol. The summed E-state index contributed by atoms with van der Waals surface area (Å²) in [5.74, 6) is 0. The highest BCUT2D eigenvalue weighted by molar-refractivity contribution is 6.01. The number of benzene rings is 1. The minimum Gasteiger partial charge on any atom is -0.398 e. The lowest BCUT2D eigenvalue weighted by atomic mass is 9.96. The number of para-hydroxylation sites is 1. The van der Waals surface area contributed by atoms with Crippen molar-refractivity contribution in [3.63, 3.8) is 0 Å². The molecule has 2 aromatic rings. The first-order chi connectivity index (χ1) is 11.9. The largest absolute Gasteiger partial charge is 0.398 e. The zero-order valence-corrected chi connectivity index (χ0v) is 14.4. The third-order valence-corrected chi connectivity index (χ3v) is 4.37.